The van der Waals surface area contributed by atoms with Gasteiger partial charge in [0, 0.05) is 45.4 Å². The summed E-state index contributed by atoms with van der Waals surface area (Å²) in [7, 11) is 3.93. The summed E-state index contributed by atoms with van der Waals surface area (Å²) in [5.74, 6) is 0.928. The van der Waals surface area contributed by atoms with Gasteiger partial charge in [0.05, 0.1) is 5.70 Å². The average molecular weight is 421 g/mol. The summed E-state index contributed by atoms with van der Waals surface area (Å²) < 4.78 is 0. The van der Waals surface area contributed by atoms with E-state index in [2.05, 4.69) is 28.3 Å². The van der Waals surface area contributed by atoms with E-state index >= 15 is 0 Å². The van der Waals surface area contributed by atoms with Crippen molar-refractivity contribution in [2.75, 3.05) is 33.9 Å². The van der Waals surface area contributed by atoms with E-state index in [9.17, 15) is 10.2 Å². The summed E-state index contributed by atoms with van der Waals surface area (Å²) in [6, 6.07) is 7.84. The molecule has 0 spiro atoms. The van der Waals surface area contributed by atoms with E-state index in [0.717, 1.165) is 29.2 Å². The third-order valence-electron chi connectivity index (χ3n) is 5.11. The van der Waals surface area contributed by atoms with E-state index in [0.29, 0.717) is 31.0 Å². The van der Waals surface area contributed by atoms with Crippen LogP contribution in [-0.4, -0.2) is 64.9 Å². The largest absolute Gasteiger partial charge is 0.396 e. The average Bonchev–Trinajstić information content (AvgIpc) is 3.08. The molecule has 1 aliphatic heterocycles. The smallest absolute Gasteiger partial charge is 0.133 e. The van der Waals surface area contributed by atoms with E-state index in [1.165, 1.54) is 0 Å². The van der Waals surface area contributed by atoms with Crippen LogP contribution < -0.4 is 5.32 Å². The fraction of sp³-hybridized carbons (Fsp3) is 0.455. The molecule has 1 unspecified atom stereocenters. The molecular formula is C22H33ClN4O2. The SMILES string of the molecule is C=CN(C)C1=C(C(=C)N(C)CCCO)N(Cc2ccc(Cl)cc2)C(CCCO)N1. The second-order valence-electron chi connectivity index (χ2n) is 7.22. The number of rotatable bonds is 12. The van der Waals surface area contributed by atoms with Crippen molar-refractivity contribution in [3.63, 3.8) is 0 Å². The van der Waals surface area contributed by atoms with Gasteiger partial charge < -0.3 is 30.2 Å². The third kappa shape index (κ3) is 5.92. The van der Waals surface area contributed by atoms with Crippen LogP contribution in [0.15, 0.2) is 60.8 Å². The number of aliphatic hydroxyl groups excluding tert-OH is 2. The van der Waals surface area contributed by atoms with Gasteiger partial charge in [-0.2, -0.15) is 0 Å². The molecule has 0 amide bonds. The summed E-state index contributed by atoms with van der Waals surface area (Å²) >= 11 is 6.06. The first-order valence-electron chi connectivity index (χ1n) is 9.92. The minimum atomic E-state index is 0.0215. The lowest BCUT2D eigenvalue weighted by atomic mass is 10.1. The molecule has 1 aromatic carbocycles. The number of benzene rings is 1. The van der Waals surface area contributed by atoms with Crippen LogP contribution in [0.2, 0.25) is 5.02 Å². The van der Waals surface area contributed by atoms with Crippen molar-refractivity contribution < 1.29 is 10.2 Å². The quantitative estimate of drug-likeness (QED) is 0.483. The van der Waals surface area contributed by atoms with E-state index in [1.807, 2.05) is 43.3 Å². The Hall–Kier alpha value is -2.15. The van der Waals surface area contributed by atoms with Gasteiger partial charge in [0.1, 0.15) is 17.7 Å². The van der Waals surface area contributed by atoms with Crippen LogP contribution in [0.3, 0.4) is 0 Å². The van der Waals surface area contributed by atoms with Crippen molar-refractivity contribution in [3.8, 4) is 0 Å². The number of hydrogen-bond acceptors (Lipinski definition) is 6. The minimum absolute atomic E-state index is 0.0215. The Bertz CT molecular complexity index is 720. The fourth-order valence-electron chi connectivity index (χ4n) is 3.37. The molecule has 1 aromatic rings. The van der Waals surface area contributed by atoms with Gasteiger partial charge in [0.15, 0.2) is 0 Å². The van der Waals surface area contributed by atoms with Crippen molar-refractivity contribution in [2.45, 2.75) is 32.0 Å². The van der Waals surface area contributed by atoms with Gasteiger partial charge in [-0.25, -0.2) is 0 Å². The Balaban J connectivity index is 2.40. The molecule has 1 aliphatic rings. The fourth-order valence-corrected chi connectivity index (χ4v) is 3.50. The second-order valence-corrected chi connectivity index (χ2v) is 7.65. The highest BCUT2D eigenvalue weighted by Gasteiger charge is 2.34. The molecule has 7 heteroatoms. The first-order chi connectivity index (χ1) is 13.9. The molecule has 29 heavy (non-hydrogen) atoms. The van der Waals surface area contributed by atoms with Crippen molar-refractivity contribution >= 4 is 11.6 Å². The van der Waals surface area contributed by atoms with Gasteiger partial charge in [-0.1, -0.05) is 36.9 Å². The predicted molar refractivity (Wildman–Crippen MR) is 119 cm³/mol. The van der Waals surface area contributed by atoms with Crippen molar-refractivity contribution in [2.24, 2.45) is 0 Å². The number of halogens is 1. The third-order valence-corrected chi connectivity index (χ3v) is 5.36. The monoisotopic (exact) mass is 420 g/mol. The molecule has 2 rings (SSSR count). The van der Waals surface area contributed by atoms with E-state index in [4.69, 9.17) is 11.6 Å². The summed E-state index contributed by atoms with van der Waals surface area (Å²) in [5.41, 5.74) is 3.00. The van der Waals surface area contributed by atoms with Gasteiger partial charge in [-0.15, -0.1) is 0 Å². The Labute approximate surface area is 179 Å². The number of nitrogens with one attached hydrogen (secondary N) is 1. The van der Waals surface area contributed by atoms with Crippen LogP contribution in [0.25, 0.3) is 0 Å². The van der Waals surface area contributed by atoms with Crippen LogP contribution >= 0.6 is 11.6 Å². The Morgan fingerprint density at radius 2 is 1.86 bits per heavy atom. The van der Waals surface area contributed by atoms with Gasteiger partial charge in [-0.05, 0) is 43.2 Å². The maximum atomic E-state index is 9.36. The highest BCUT2D eigenvalue weighted by atomic mass is 35.5. The normalized spacial score (nSPS) is 16.0. The minimum Gasteiger partial charge on any atom is -0.396 e. The predicted octanol–water partition coefficient (Wildman–Crippen LogP) is 2.92. The van der Waals surface area contributed by atoms with Gasteiger partial charge in [-0.3, -0.25) is 0 Å². The molecule has 0 aromatic heterocycles. The topological polar surface area (TPSA) is 62.2 Å². The zero-order valence-electron chi connectivity index (χ0n) is 17.4. The summed E-state index contributed by atoms with van der Waals surface area (Å²) in [4.78, 5) is 6.30. The molecule has 0 aliphatic carbocycles. The molecular weight excluding hydrogens is 388 g/mol. The molecule has 1 heterocycles. The molecule has 160 valence electrons. The van der Waals surface area contributed by atoms with Gasteiger partial charge in [0.2, 0.25) is 0 Å². The lowest BCUT2D eigenvalue weighted by Gasteiger charge is -2.32. The summed E-state index contributed by atoms with van der Waals surface area (Å²) in [6.45, 7) is 9.92. The maximum Gasteiger partial charge on any atom is 0.133 e. The first-order valence-corrected chi connectivity index (χ1v) is 10.3. The van der Waals surface area contributed by atoms with Crippen molar-refractivity contribution in [1.29, 1.82) is 0 Å². The van der Waals surface area contributed by atoms with E-state index in [1.54, 1.807) is 6.20 Å². The molecule has 6 nitrogen and oxygen atoms in total. The molecule has 0 radical (unpaired) electrons. The van der Waals surface area contributed by atoms with Crippen LogP contribution in [-0.2, 0) is 6.54 Å². The van der Waals surface area contributed by atoms with Gasteiger partial charge >= 0.3 is 0 Å². The van der Waals surface area contributed by atoms with Crippen LogP contribution in [0.1, 0.15) is 24.8 Å². The standard InChI is InChI=1S/C22H33ClN4O2/c1-5-25(3)22-21(17(2)26(4)13-7-15-29)27(20(24-22)8-6-14-28)16-18-9-11-19(23)12-10-18/h5,9-12,20,24,28-29H,1-2,6-8,13-16H2,3-4H3. The zero-order chi connectivity index (χ0) is 21.4. The Morgan fingerprint density at radius 1 is 1.21 bits per heavy atom. The zero-order valence-corrected chi connectivity index (χ0v) is 18.2. The number of hydrogen-bond donors (Lipinski definition) is 3. The van der Waals surface area contributed by atoms with Gasteiger partial charge in [0.25, 0.3) is 0 Å². The van der Waals surface area contributed by atoms with Crippen molar-refractivity contribution in [1.82, 2.24) is 20.0 Å². The summed E-state index contributed by atoms with van der Waals surface area (Å²) in [5, 5.41) is 22.9. The van der Waals surface area contributed by atoms with Crippen LogP contribution in [0, 0.1) is 0 Å². The molecule has 1 atom stereocenters. The molecule has 0 fully saturated rings. The summed E-state index contributed by atoms with van der Waals surface area (Å²) in [6.07, 6.45) is 3.94. The highest BCUT2D eigenvalue weighted by Crippen LogP contribution is 2.32. The molecule has 3 N–H and O–H groups in total. The Morgan fingerprint density at radius 3 is 2.45 bits per heavy atom. The molecule has 0 bridgehead atoms. The number of likely N-dealkylation sites (N-methyl/N-ethyl adjacent to an activating group) is 1. The second kappa shape index (κ2) is 11.1. The lowest BCUT2D eigenvalue weighted by molar-refractivity contribution is 0.204. The Kier molecular flexibility index (Phi) is 8.89. The maximum absolute atomic E-state index is 9.36. The first kappa shape index (κ1) is 23.1. The molecule has 0 saturated heterocycles. The van der Waals surface area contributed by atoms with Crippen LogP contribution in [0.4, 0.5) is 0 Å². The molecule has 0 saturated carbocycles. The van der Waals surface area contributed by atoms with E-state index in [-0.39, 0.29) is 19.4 Å². The highest BCUT2D eigenvalue weighted by molar-refractivity contribution is 6.30. The number of nitrogens with zero attached hydrogens (tertiary/aromatic N) is 3. The lowest BCUT2D eigenvalue weighted by Crippen LogP contribution is -2.39. The van der Waals surface area contributed by atoms with E-state index < -0.39 is 0 Å². The number of aliphatic hydroxyl groups is 2. The van der Waals surface area contributed by atoms with Crippen molar-refractivity contribution in [3.05, 3.63) is 71.4 Å². The van der Waals surface area contributed by atoms with Crippen LogP contribution in [0.5, 0.6) is 0 Å².